The highest BCUT2D eigenvalue weighted by Crippen LogP contribution is 2.20. The zero-order valence-electron chi connectivity index (χ0n) is 15.9. The molecule has 0 spiro atoms. The molecule has 2 heterocycles. The molecule has 144 valence electrons. The highest BCUT2D eigenvalue weighted by Gasteiger charge is 2.23. The van der Waals surface area contributed by atoms with Crippen molar-refractivity contribution in [2.24, 2.45) is 0 Å². The normalized spacial score (nSPS) is 13.5. The monoisotopic (exact) mass is 378 g/mol. The third-order valence-corrected chi connectivity index (χ3v) is 4.91. The van der Waals surface area contributed by atoms with E-state index in [0.717, 1.165) is 29.8 Å². The molecular weight excluding hydrogens is 356 g/mol. The van der Waals surface area contributed by atoms with E-state index in [-0.39, 0.29) is 11.8 Å². The van der Waals surface area contributed by atoms with E-state index in [1.54, 1.807) is 28.8 Å². The maximum absolute atomic E-state index is 12.4. The van der Waals surface area contributed by atoms with Crippen LogP contribution in [0.3, 0.4) is 0 Å². The number of aryl methyl sites for hydroxylation is 2. The quantitative estimate of drug-likeness (QED) is 0.685. The summed E-state index contributed by atoms with van der Waals surface area (Å²) in [5.74, 6) is 0.346. The van der Waals surface area contributed by atoms with Gasteiger partial charge in [-0.05, 0) is 56.9 Å². The Morgan fingerprint density at radius 3 is 2.86 bits per heavy atom. The van der Waals surface area contributed by atoms with Gasteiger partial charge in [0.1, 0.15) is 6.33 Å². The molecule has 3 aromatic rings. The highest BCUT2D eigenvalue weighted by atomic mass is 16.2. The van der Waals surface area contributed by atoms with Gasteiger partial charge in [0, 0.05) is 35.1 Å². The Morgan fingerprint density at radius 1 is 1.25 bits per heavy atom. The molecule has 0 atom stereocenters. The van der Waals surface area contributed by atoms with Crippen molar-refractivity contribution >= 4 is 23.3 Å². The Labute approximate surface area is 162 Å². The second-order valence-corrected chi connectivity index (χ2v) is 7.11. The number of benzene rings is 1. The molecule has 2 N–H and O–H groups in total. The molecule has 0 saturated heterocycles. The first-order valence-corrected chi connectivity index (χ1v) is 9.38. The lowest BCUT2D eigenvalue weighted by atomic mass is 10.1. The molecule has 1 fully saturated rings. The first kappa shape index (κ1) is 18.1. The van der Waals surface area contributed by atoms with Crippen molar-refractivity contribution in [3.63, 3.8) is 0 Å². The van der Waals surface area contributed by atoms with Crippen LogP contribution in [-0.4, -0.2) is 37.4 Å². The van der Waals surface area contributed by atoms with Gasteiger partial charge in [0.05, 0.1) is 0 Å². The Morgan fingerprint density at radius 2 is 2.07 bits per heavy atom. The largest absolute Gasteiger partial charge is 0.349 e. The van der Waals surface area contributed by atoms with E-state index in [0.29, 0.717) is 35.9 Å². The lowest BCUT2D eigenvalue weighted by Gasteiger charge is -2.11. The predicted molar refractivity (Wildman–Crippen MR) is 104 cm³/mol. The van der Waals surface area contributed by atoms with Crippen molar-refractivity contribution in [3.05, 3.63) is 53.1 Å². The van der Waals surface area contributed by atoms with Gasteiger partial charge in [-0.2, -0.15) is 10.1 Å². The first-order valence-electron chi connectivity index (χ1n) is 9.38. The van der Waals surface area contributed by atoms with Gasteiger partial charge in [0.2, 0.25) is 5.91 Å². The zero-order chi connectivity index (χ0) is 19.7. The molecule has 0 bridgehead atoms. The SMILES string of the molecule is Cc1nc2ncnn2c(C)c1CCC(=O)Nc1cccc(C(=O)NC2CC2)c1. The molecule has 28 heavy (non-hydrogen) atoms. The van der Waals surface area contributed by atoms with Gasteiger partial charge >= 0.3 is 0 Å². The third kappa shape index (κ3) is 3.85. The minimum absolute atomic E-state index is 0.0999. The van der Waals surface area contributed by atoms with Gasteiger partial charge in [-0.1, -0.05) is 6.07 Å². The van der Waals surface area contributed by atoms with Crippen molar-refractivity contribution in [3.8, 4) is 0 Å². The summed E-state index contributed by atoms with van der Waals surface area (Å²) >= 11 is 0. The fourth-order valence-electron chi connectivity index (χ4n) is 3.21. The van der Waals surface area contributed by atoms with E-state index in [1.165, 1.54) is 6.33 Å². The van der Waals surface area contributed by atoms with Gasteiger partial charge in [0.25, 0.3) is 11.7 Å². The summed E-state index contributed by atoms with van der Waals surface area (Å²) in [5, 5.41) is 9.99. The number of hydrogen-bond donors (Lipinski definition) is 2. The van der Waals surface area contributed by atoms with E-state index in [4.69, 9.17) is 0 Å². The number of carbonyl (C=O) groups is 2. The maximum Gasteiger partial charge on any atom is 0.252 e. The summed E-state index contributed by atoms with van der Waals surface area (Å²) in [5.41, 5.74) is 3.95. The molecule has 1 saturated carbocycles. The molecule has 0 radical (unpaired) electrons. The molecule has 8 nitrogen and oxygen atoms in total. The first-order chi connectivity index (χ1) is 13.5. The maximum atomic E-state index is 12.4. The number of hydrogen-bond acceptors (Lipinski definition) is 5. The number of nitrogens with zero attached hydrogens (tertiary/aromatic N) is 4. The van der Waals surface area contributed by atoms with Crippen LogP contribution in [0.15, 0.2) is 30.6 Å². The predicted octanol–water partition coefficient (Wildman–Crippen LogP) is 2.20. The second kappa shape index (κ2) is 7.38. The van der Waals surface area contributed by atoms with E-state index < -0.39 is 0 Å². The molecular formula is C20H22N6O2. The van der Waals surface area contributed by atoms with E-state index >= 15 is 0 Å². The van der Waals surface area contributed by atoms with Crippen LogP contribution in [0.2, 0.25) is 0 Å². The summed E-state index contributed by atoms with van der Waals surface area (Å²) in [4.78, 5) is 33.1. The van der Waals surface area contributed by atoms with Gasteiger partial charge in [-0.25, -0.2) is 9.50 Å². The van der Waals surface area contributed by atoms with Gasteiger partial charge in [-0.3, -0.25) is 9.59 Å². The summed E-state index contributed by atoms with van der Waals surface area (Å²) in [7, 11) is 0. The molecule has 1 aliphatic carbocycles. The van der Waals surface area contributed by atoms with Gasteiger partial charge in [0.15, 0.2) is 0 Å². The Balaban J connectivity index is 1.40. The number of rotatable bonds is 6. The van der Waals surface area contributed by atoms with Crippen molar-refractivity contribution in [2.45, 2.75) is 45.6 Å². The molecule has 2 amide bonds. The van der Waals surface area contributed by atoms with E-state index in [9.17, 15) is 9.59 Å². The molecule has 8 heteroatoms. The van der Waals surface area contributed by atoms with Crippen LogP contribution in [0.5, 0.6) is 0 Å². The molecule has 1 aliphatic rings. The van der Waals surface area contributed by atoms with Crippen LogP contribution < -0.4 is 10.6 Å². The summed E-state index contributed by atoms with van der Waals surface area (Å²) in [6.45, 7) is 3.86. The molecule has 4 rings (SSSR count). The Kier molecular flexibility index (Phi) is 4.77. The van der Waals surface area contributed by atoms with Crippen LogP contribution in [0.4, 0.5) is 5.69 Å². The fourth-order valence-corrected chi connectivity index (χ4v) is 3.21. The smallest absolute Gasteiger partial charge is 0.252 e. The van der Waals surface area contributed by atoms with E-state index in [1.807, 2.05) is 13.8 Å². The average molecular weight is 378 g/mol. The summed E-state index contributed by atoms with van der Waals surface area (Å²) < 4.78 is 1.68. The average Bonchev–Trinajstić information content (AvgIpc) is 3.35. The van der Waals surface area contributed by atoms with E-state index in [2.05, 4.69) is 25.7 Å². The third-order valence-electron chi connectivity index (χ3n) is 4.91. The molecule has 0 unspecified atom stereocenters. The zero-order valence-corrected chi connectivity index (χ0v) is 15.9. The van der Waals surface area contributed by atoms with Crippen molar-refractivity contribution in [1.82, 2.24) is 24.9 Å². The van der Waals surface area contributed by atoms with Crippen LogP contribution in [0.1, 0.15) is 46.6 Å². The number of amides is 2. The topological polar surface area (TPSA) is 101 Å². The lowest BCUT2D eigenvalue weighted by Crippen LogP contribution is -2.25. The Hall–Kier alpha value is -3.29. The number of anilines is 1. The minimum atomic E-state index is -0.114. The highest BCUT2D eigenvalue weighted by molar-refractivity contribution is 5.97. The van der Waals surface area contributed by atoms with Crippen molar-refractivity contribution in [1.29, 1.82) is 0 Å². The second-order valence-electron chi connectivity index (χ2n) is 7.11. The van der Waals surface area contributed by atoms with Crippen molar-refractivity contribution < 1.29 is 9.59 Å². The Bertz CT molecular complexity index is 1050. The van der Waals surface area contributed by atoms with Crippen LogP contribution in [0.25, 0.3) is 5.78 Å². The molecule has 0 aliphatic heterocycles. The van der Waals surface area contributed by atoms with Crippen LogP contribution >= 0.6 is 0 Å². The van der Waals surface area contributed by atoms with Gasteiger partial charge < -0.3 is 10.6 Å². The fraction of sp³-hybridized carbons (Fsp3) is 0.350. The van der Waals surface area contributed by atoms with Crippen LogP contribution in [-0.2, 0) is 11.2 Å². The minimum Gasteiger partial charge on any atom is -0.349 e. The van der Waals surface area contributed by atoms with Crippen LogP contribution in [0, 0.1) is 13.8 Å². The molecule has 1 aromatic carbocycles. The standard InChI is InChI=1S/C20H22N6O2/c1-12-17(13(2)26-20(23-12)21-11-22-26)8-9-18(27)24-16-5-3-4-14(10-16)19(28)25-15-6-7-15/h3-5,10-11,15H,6-9H2,1-2H3,(H,24,27)(H,25,28). The molecule has 2 aromatic heterocycles. The number of nitrogens with one attached hydrogen (secondary N) is 2. The summed E-state index contributed by atoms with van der Waals surface area (Å²) in [6.07, 6.45) is 4.40. The van der Waals surface area contributed by atoms with Gasteiger partial charge in [-0.15, -0.1) is 0 Å². The number of aromatic nitrogens is 4. The number of fused-ring (bicyclic) bond motifs is 1. The van der Waals surface area contributed by atoms with Crippen molar-refractivity contribution in [2.75, 3.05) is 5.32 Å². The lowest BCUT2D eigenvalue weighted by molar-refractivity contribution is -0.116. The summed E-state index contributed by atoms with van der Waals surface area (Å²) in [6, 6.07) is 7.31. The number of carbonyl (C=O) groups excluding carboxylic acids is 2.